The number of nitrogens with zero attached hydrogens (tertiary/aromatic N) is 3. The van der Waals surface area contributed by atoms with Crippen LogP contribution in [0.25, 0.3) is 69.1 Å². The number of hydrogen-bond donors (Lipinski definition) is 0. The molecule has 3 nitrogen and oxygen atoms in total. The summed E-state index contributed by atoms with van der Waals surface area (Å²) in [6, 6.07) is 49.6. The van der Waals surface area contributed by atoms with Crippen molar-refractivity contribution in [3.63, 3.8) is 0 Å². The maximum atomic E-state index is 5.49. The average Bonchev–Trinajstić information content (AvgIpc) is 3.77. The maximum Gasteiger partial charge on any atom is 0.178 e. The third kappa shape index (κ3) is 4.47. The van der Waals surface area contributed by atoms with E-state index in [-0.39, 0.29) is 0 Å². The SMILES string of the molecule is C=NC(=N/C(=C1\Cc2ccccc2S1)c1ccc2ccccc2c1)c1nc2ccccc2c2c3ccccc3c3c4ccccc4sc3c12. The van der Waals surface area contributed by atoms with Crippen LogP contribution in [0.3, 0.4) is 0 Å². The van der Waals surface area contributed by atoms with Gasteiger partial charge in [-0.2, -0.15) is 0 Å². The molecule has 0 unspecified atom stereocenters. The van der Waals surface area contributed by atoms with Crippen LogP contribution >= 0.6 is 23.1 Å². The molecule has 230 valence electrons. The van der Waals surface area contributed by atoms with E-state index in [1.165, 1.54) is 62.5 Å². The molecule has 7 aromatic carbocycles. The van der Waals surface area contributed by atoms with Crippen molar-refractivity contribution >= 4 is 105 Å². The molecule has 0 radical (unpaired) electrons. The topological polar surface area (TPSA) is 37.6 Å². The third-order valence-corrected chi connectivity index (χ3v) is 12.0. The van der Waals surface area contributed by atoms with E-state index in [0.29, 0.717) is 5.84 Å². The normalized spacial score (nSPS) is 14.4. The molecule has 0 saturated carbocycles. The van der Waals surface area contributed by atoms with Crippen molar-refractivity contribution < 1.29 is 0 Å². The minimum atomic E-state index is 0.525. The fraction of sp³-hybridized carbons (Fsp3) is 0.0227. The Morgan fingerprint density at radius 2 is 1.33 bits per heavy atom. The van der Waals surface area contributed by atoms with Gasteiger partial charge in [0.15, 0.2) is 5.84 Å². The van der Waals surface area contributed by atoms with Crippen molar-refractivity contribution in [3.05, 3.63) is 161 Å². The van der Waals surface area contributed by atoms with Crippen LogP contribution in [-0.2, 0) is 6.42 Å². The second-order valence-electron chi connectivity index (χ2n) is 12.4. The molecular weight excluding hydrogens is 635 g/mol. The largest absolute Gasteiger partial charge is 0.244 e. The Morgan fingerprint density at radius 1 is 0.633 bits per heavy atom. The molecular formula is C44H27N3S2. The van der Waals surface area contributed by atoms with Crippen LogP contribution in [0.2, 0.25) is 0 Å². The van der Waals surface area contributed by atoms with Gasteiger partial charge in [0.05, 0.1) is 11.2 Å². The quantitative estimate of drug-likeness (QED) is 0.107. The molecule has 0 bridgehead atoms. The van der Waals surface area contributed by atoms with Crippen LogP contribution in [0.4, 0.5) is 0 Å². The van der Waals surface area contributed by atoms with Gasteiger partial charge < -0.3 is 0 Å². The number of thioether (sulfide) groups is 1. The molecule has 1 aliphatic rings. The summed E-state index contributed by atoms with van der Waals surface area (Å²) in [7, 11) is 0. The molecule has 2 aromatic heterocycles. The lowest BCUT2D eigenvalue weighted by Crippen LogP contribution is -2.04. The average molecular weight is 662 g/mol. The number of thiophene rings is 1. The lowest BCUT2D eigenvalue weighted by molar-refractivity contribution is 1.20. The predicted octanol–water partition coefficient (Wildman–Crippen LogP) is 12.2. The van der Waals surface area contributed by atoms with Gasteiger partial charge in [0.25, 0.3) is 0 Å². The molecule has 0 spiro atoms. The van der Waals surface area contributed by atoms with Gasteiger partial charge in [0, 0.05) is 58.1 Å². The number of rotatable bonds is 3. The summed E-state index contributed by atoms with van der Waals surface area (Å²) in [5.74, 6) is 0.525. The molecule has 49 heavy (non-hydrogen) atoms. The van der Waals surface area contributed by atoms with Gasteiger partial charge in [-0.15, -0.1) is 11.3 Å². The number of amidine groups is 1. The number of benzene rings is 7. The van der Waals surface area contributed by atoms with Gasteiger partial charge in [0.2, 0.25) is 0 Å². The first-order valence-corrected chi connectivity index (χ1v) is 18.0. The zero-order valence-electron chi connectivity index (χ0n) is 26.4. The van der Waals surface area contributed by atoms with Crippen molar-refractivity contribution in [2.45, 2.75) is 11.3 Å². The number of allylic oxidation sites excluding steroid dienone is 1. The zero-order chi connectivity index (χ0) is 32.5. The first-order chi connectivity index (χ1) is 24.2. The first-order valence-electron chi connectivity index (χ1n) is 16.3. The number of pyridine rings is 1. The first kappa shape index (κ1) is 28.4. The molecule has 0 saturated heterocycles. The van der Waals surface area contributed by atoms with Crippen molar-refractivity contribution in [3.8, 4) is 0 Å². The van der Waals surface area contributed by atoms with Crippen LogP contribution in [-0.4, -0.2) is 17.5 Å². The second-order valence-corrected chi connectivity index (χ2v) is 14.6. The minimum absolute atomic E-state index is 0.525. The van der Waals surface area contributed by atoms with Gasteiger partial charge in [-0.25, -0.2) is 15.0 Å². The van der Waals surface area contributed by atoms with Gasteiger partial charge in [-0.1, -0.05) is 127 Å². The molecule has 9 aromatic rings. The van der Waals surface area contributed by atoms with Crippen LogP contribution in [0.5, 0.6) is 0 Å². The lowest BCUT2D eigenvalue weighted by atomic mass is 9.93. The number of aromatic nitrogens is 1. The Bertz CT molecular complexity index is 2890. The van der Waals surface area contributed by atoms with Crippen LogP contribution in [0.1, 0.15) is 16.8 Å². The van der Waals surface area contributed by atoms with E-state index in [1.54, 1.807) is 11.8 Å². The highest BCUT2D eigenvalue weighted by Gasteiger charge is 2.24. The third-order valence-electron chi connectivity index (χ3n) is 9.60. The minimum Gasteiger partial charge on any atom is -0.244 e. The van der Waals surface area contributed by atoms with Crippen molar-refractivity contribution in [2.75, 3.05) is 0 Å². The van der Waals surface area contributed by atoms with Gasteiger partial charge in [0.1, 0.15) is 5.69 Å². The van der Waals surface area contributed by atoms with Gasteiger partial charge in [-0.3, -0.25) is 0 Å². The van der Waals surface area contributed by atoms with Crippen LogP contribution < -0.4 is 0 Å². The fourth-order valence-corrected chi connectivity index (χ4v) is 9.84. The van der Waals surface area contributed by atoms with E-state index in [2.05, 4.69) is 146 Å². The molecule has 0 aliphatic carbocycles. The van der Waals surface area contributed by atoms with Gasteiger partial charge in [-0.05, 0) is 58.1 Å². The highest BCUT2D eigenvalue weighted by Crippen LogP contribution is 2.48. The lowest BCUT2D eigenvalue weighted by Gasteiger charge is -2.15. The summed E-state index contributed by atoms with van der Waals surface area (Å²) in [5.41, 5.74) is 4.94. The summed E-state index contributed by atoms with van der Waals surface area (Å²) in [4.78, 5) is 18.0. The molecule has 0 atom stereocenters. The Labute approximate surface area is 291 Å². The van der Waals surface area contributed by atoms with E-state index in [9.17, 15) is 0 Å². The number of aliphatic imine (C=N–C) groups is 2. The number of para-hydroxylation sites is 1. The van der Waals surface area contributed by atoms with Crippen molar-refractivity contribution in [2.24, 2.45) is 9.98 Å². The van der Waals surface area contributed by atoms with E-state index >= 15 is 0 Å². The molecule has 1 aliphatic heterocycles. The van der Waals surface area contributed by atoms with Crippen molar-refractivity contribution in [1.82, 2.24) is 4.98 Å². The number of hydrogen-bond acceptors (Lipinski definition) is 4. The molecule has 5 heteroatoms. The monoisotopic (exact) mass is 661 g/mol. The number of fused-ring (bicyclic) bond motifs is 12. The highest BCUT2D eigenvalue weighted by atomic mass is 32.2. The van der Waals surface area contributed by atoms with Gasteiger partial charge >= 0.3 is 0 Å². The summed E-state index contributed by atoms with van der Waals surface area (Å²) in [5, 5.41) is 10.7. The Hall–Kier alpha value is -5.62. The molecule has 0 N–H and O–H groups in total. The van der Waals surface area contributed by atoms with Crippen molar-refractivity contribution in [1.29, 1.82) is 0 Å². The second kappa shape index (κ2) is 11.2. The predicted molar refractivity (Wildman–Crippen MR) is 213 cm³/mol. The summed E-state index contributed by atoms with van der Waals surface area (Å²) >= 11 is 3.61. The van der Waals surface area contributed by atoms with E-state index in [1.807, 2.05) is 11.3 Å². The molecule has 0 amide bonds. The fourth-order valence-electron chi connectivity index (χ4n) is 7.40. The van der Waals surface area contributed by atoms with E-state index < -0.39 is 0 Å². The highest BCUT2D eigenvalue weighted by molar-refractivity contribution is 8.03. The molecule has 3 heterocycles. The van der Waals surface area contributed by atoms with E-state index in [4.69, 9.17) is 15.0 Å². The molecule has 0 fully saturated rings. The maximum absolute atomic E-state index is 5.49. The Balaban J connectivity index is 1.33. The summed E-state index contributed by atoms with van der Waals surface area (Å²) in [6.07, 6.45) is 0.814. The van der Waals surface area contributed by atoms with Crippen LogP contribution in [0.15, 0.2) is 159 Å². The zero-order valence-corrected chi connectivity index (χ0v) is 28.0. The van der Waals surface area contributed by atoms with Crippen LogP contribution in [0, 0.1) is 0 Å². The molecule has 10 rings (SSSR count). The standard InChI is InChI=1S/C44H27N3S2/c1-45-44(47-41(37-25-28-14-4-10-20-35(28)48-37)29-23-22-26-12-2-3-13-27(26)24-29)42-40-38(32-17-7-9-19-34(32)46-42)30-15-5-6-16-31(30)39-33-18-8-11-21-36(33)49-43(39)40/h2-24H,1,25H2/b41-37+,47-44?. The smallest absolute Gasteiger partial charge is 0.178 e. The Morgan fingerprint density at radius 3 is 2.16 bits per heavy atom. The van der Waals surface area contributed by atoms with E-state index in [0.717, 1.165) is 39.7 Å². The summed E-state index contributed by atoms with van der Waals surface area (Å²) < 4.78 is 2.44. The summed E-state index contributed by atoms with van der Waals surface area (Å²) in [6.45, 7) is 4.13. The Kier molecular flexibility index (Phi) is 6.51.